The molecule has 2 nitrogen and oxygen atoms in total. The molecule has 0 bridgehead atoms. The van der Waals surface area contributed by atoms with Crippen LogP contribution in [0.25, 0.3) is 0 Å². The van der Waals surface area contributed by atoms with E-state index in [0.717, 1.165) is 11.1 Å². The molecule has 0 unspecified atom stereocenters. The van der Waals surface area contributed by atoms with Crippen LogP contribution < -0.4 is 0 Å². The highest BCUT2D eigenvalue weighted by Gasteiger charge is 2.11. The van der Waals surface area contributed by atoms with E-state index in [1.54, 1.807) is 12.1 Å². The highest BCUT2D eigenvalue weighted by atomic mass is 35.5. The van der Waals surface area contributed by atoms with Crippen molar-refractivity contribution < 1.29 is 0 Å². The van der Waals surface area contributed by atoms with Crippen molar-refractivity contribution in [1.82, 2.24) is 9.97 Å². The molecule has 0 spiro atoms. The first-order valence-electron chi connectivity index (χ1n) is 5.66. The van der Waals surface area contributed by atoms with Crippen molar-refractivity contribution in [2.75, 3.05) is 0 Å². The maximum absolute atomic E-state index is 6.07. The SMILES string of the molecule is CCc1c(Cl)nc(Cc2ccc(Cl)c(Cl)c2)nc1Cl. The monoisotopic (exact) mass is 334 g/mol. The number of rotatable bonds is 3. The molecule has 0 saturated carbocycles. The molecule has 100 valence electrons. The minimum Gasteiger partial charge on any atom is -0.220 e. The summed E-state index contributed by atoms with van der Waals surface area (Å²) in [7, 11) is 0. The molecule has 2 aromatic rings. The average molecular weight is 336 g/mol. The molecular formula is C13H10Cl4N2. The Labute approximate surface area is 131 Å². The summed E-state index contributed by atoms with van der Waals surface area (Å²) < 4.78 is 0. The van der Waals surface area contributed by atoms with Gasteiger partial charge >= 0.3 is 0 Å². The Bertz CT molecular complexity index is 591. The van der Waals surface area contributed by atoms with Gasteiger partial charge in [-0.3, -0.25) is 0 Å². The lowest BCUT2D eigenvalue weighted by molar-refractivity contribution is 0.936. The van der Waals surface area contributed by atoms with Crippen molar-refractivity contribution in [3.05, 3.63) is 55.5 Å². The van der Waals surface area contributed by atoms with Crippen LogP contribution in [0.2, 0.25) is 20.4 Å². The standard InChI is InChI=1S/C13H10Cl4N2/c1-2-8-12(16)18-11(19-13(8)17)6-7-3-4-9(14)10(15)5-7/h3-5H,2,6H2,1H3. The molecule has 0 N–H and O–H groups in total. The molecule has 0 radical (unpaired) electrons. The van der Waals surface area contributed by atoms with Crippen LogP contribution in [0.1, 0.15) is 23.9 Å². The van der Waals surface area contributed by atoms with Gasteiger partial charge in [-0.25, -0.2) is 9.97 Å². The minimum absolute atomic E-state index is 0.401. The molecule has 19 heavy (non-hydrogen) atoms. The quantitative estimate of drug-likeness (QED) is 0.716. The Morgan fingerprint density at radius 3 is 2.11 bits per heavy atom. The van der Waals surface area contributed by atoms with Crippen molar-refractivity contribution in [3.8, 4) is 0 Å². The lowest BCUT2D eigenvalue weighted by Crippen LogP contribution is -2.01. The highest BCUT2D eigenvalue weighted by Crippen LogP contribution is 2.25. The smallest absolute Gasteiger partial charge is 0.137 e. The number of nitrogens with zero attached hydrogens (tertiary/aromatic N) is 2. The summed E-state index contributed by atoms with van der Waals surface area (Å²) in [6.45, 7) is 1.95. The summed E-state index contributed by atoms with van der Waals surface area (Å²) in [5.74, 6) is 0.561. The van der Waals surface area contributed by atoms with Gasteiger partial charge in [0.25, 0.3) is 0 Å². The molecular weight excluding hydrogens is 326 g/mol. The van der Waals surface area contributed by atoms with Gasteiger partial charge in [0.1, 0.15) is 16.1 Å². The van der Waals surface area contributed by atoms with E-state index in [1.165, 1.54) is 0 Å². The number of halogens is 4. The summed E-state index contributed by atoms with van der Waals surface area (Å²) in [6.07, 6.45) is 1.20. The molecule has 2 rings (SSSR count). The first kappa shape index (κ1) is 14.9. The maximum Gasteiger partial charge on any atom is 0.137 e. The average Bonchev–Trinajstić information content (AvgIpc) is 2.33. The van der Waals surface area contributed by atoms with Gasteiger partial charge in [0.05, 0.1) is 10.0 Å². The third kappa shape index (κ3) is 3.51. The van der Waals surface area contributed by atoms with E-state index in [9.17, 15) is 0 Å². The summed E-state index contributed by atoms with van der Waals surface area (Å²) in [6, 6.07) is 5.39. The van der Waals surface area contributed by atoms with E-state index in [2.05, 4.69) is 9.97 Å². The van der Waals surface area contributed by atoms with Crippen molar-refractivity contribution in [2.24, 2.45) is 0 Å². The fourth-order valence-electron chi connectivity index (χ4n) is 1.67. The molecule has 0 saturated heterocycles. The van der Waals surface area contributed by atoms with Crippen LogP contribution in [0, 0.1) is 0 Å². The summed E-state index contributed by atoms with van der Waals surface area (Å²) in [4.78, 5) is 8.49. The third-order valence-corrected chi connectivity index (χ3v) is 4.02. The van der Waals surface area contributed by atoms with Crippen LogP contribution in [-0.4, -0.2) is 9.97 Å². The van der Waals surface area contributed by atoms with E-state index in [4.69, 9.17) is 46.4 Å². The van der Waals surface area contributed by atoms with Crippen LogP contribution in [0.4, 0.5) is 0 Å². The third-order valence-electron chi connectivity index (χ3n) is 2.65. The molecule has 1 aromatic carbocycles. The van der Waals surface area contributed by atoms with Crippen molar-refractivity contribution in [3.63, 3.8) is 0 Å². The van der Waals surface area contributed by atoms with Gasteiger partial charge in [-0.2, -0.15) is 0 Å². The zero-order valence-electron chi connectivity index (χ0n) is 10.1. The molecule has 0 aliphatic heterocycles. The zero-order valence-corrected chi connectivity index (χ0v) is 13.1. The predicted molar refractivity (Wildman–Crippen MR) is 80.7 cm³/mol. The highest BCUT2D eigenvalue weighted by molar-refractivity contribution is 6.42. The van der Waals surface area contributed by atoms with E-state index >= 15 is 0 Å². The van der Waals surface area contributed by atoms with Crippen molar-refractivity contribution in [1.29, 1.82) is 0 Å². The van der Waals surface area contributed by atoms with Crippen LogP contribution in [0.15, 0.2) is 18.2 Å². The van der Waals surface area contributed by atoms with Gasteiger partial charge in [0, 0.05) is 12.0 Å². The van der Waals surface area contributed by atoms with E-state index in [-0.39, 0.29) is 0 Å². The Balaban J connectivity index is 2.31. The largest absolute Gasteiger partial charge is 0.220 e. The van der Waals surface area contributed by atoms with Crippen LogP contribution in [-0.2, 0) is 12.8 Å². The van der Waals surface area contributed by atoms with E-state index in [0.29, 0.717) is 39.0 Å². The normalized spacial score (nSPS) is 10.8. The Hall–Kier alpha value is -0.540. The van der Waals surface area contributed by atoms with E-state index < -0.39 is 0 Å². The molecule has 0 fully saturated rings. The lowest BCUT2D eigenvalue weighted by Gasteiger charge is -2.07. The van der Waals surface area contributed by atoms with E-state index in [1.807, 2.05) is 13.0 Å². The molecule has 1 aromatic heterocycles. The second-order valence-electron chi connectivity index (χ2n) is 3.98. The topological polar surface area (TPSA) is 25.8 Å². The first-order chi connectivity index (χ1) is 9.01. The number of aromatic nitrogens is 2. The van der Waals surface area contributed by atoms with Crippen LogP contribution >= 0.6 is 46.4 Å². The van der Waals surface area contributed by atoms with Gasteiger partial charge in [-0.05, 0) is 24.1 Å². The molecule has 0 aliphatic rings. The van der Waals surface area contributed by atoms with Gasteiger partial charge in [-0.1, -0.05) is 59.4 Å². The predicted octanol–water partition coefficient (Wildman–Crippen LogP) is 5.24. The summed E-state index contributed by atoms with van der Waals surface area (Å²) >= 11 is 24.0. The van der Waals surface area contributed by atoms with Gasteiger partial charge < -0.3 is 0 Å². The second-order valence-corrected chi connectivity index (χ2v) is 5.51. The van der Waals surface area contributed by atoms with Gasteiger partial charge in [0.15, 0.2) is 0 Å². The molecule has 1 heterocycles. The first-order valence-corrected chi connectivity index (χ1v) is 7.17. The number of hydrogen-bond donors (Lipinski definition) is 0. The second kappa shape index (κ2) is 6.27. The molecule has 6 heteroatoms. The molecule has 0 aliphatic carbocycles. The Morgan fingerprint density at radius 2 is 1.58 bits per heavy atom. The molecule has 0 amide bonds. The molecule has 0 atom stereocenters. The summed E-state index contributed by atoms with van der Waals surface area (Å²) in [5.41, 5.74) is 1.71. The summed E-state index contributed by atoms with van der Waals surface area (Å²) in [5, 5.41) is 1.82. The maximum atomic E-state index is 6.07. The van der Waals surface area contributed by atoms with Crippen molar-refractivity contribution in [2.45, 2.75) is 19.8 Å². The fraction of sp³-hybridized carbons (Fsp3) is 0.231. The fourth-order valence-corrected chi connectivity index (χ4v) is 2.69. The van der Waals surface area contributed by atoms with Crippen molar-refractivity contribution >= 4 is 46.4 Å². The number of hydrogen-bond acceptors (Lipinski definition) is 2. The van der Waals surface area contributed by atoms with Crippen LogP contribution in [0.5, 0.6) is 0 Å². The van der Waals surface area contributed by atoms with Gasteiger partial charge in [-0.15, -0.1) is 0 Å². The zero-order chi connectivity index (χ0) is 14.0. The Morgan fingerprint density at radius 1 is 0.947 bits per heavy atom. The van der Waals surface area contributed by atoms with Crippen LogP contribution in [0.3, 0.4) is 0 Å². The minimum atomic E-state index is 0.401. The van der Waals surface area contributed by atoms with Gasteiger partial charge in [0.2, 0.25) is 0 Å². The number of benzene rings is 1. The Kier molecular flexibility index (Phi) is 4.91. The lowest BCUT2D eigenvalue weighted by atomic mass is 10.1.